The number of anilines is 2. The van der Waals surface area contributed by atoms with Gasteiger partial charge in [-0.3, -0.25) is 9.59 Å². The second kappa shape index (κ2) is 6.66. The van der Waals surface area contributed by atoms with Crippen LogP contribution in [0.4, 0.5) is 15.8 Å². The van der Waals surface area contributed by atoms with Gasteiger partial charge in [-0.1, -0.05) is 0 Å². The normalized spacial score (nSPS) is 18.5. The predicted molar refractivity (Wildman–Crippen MR) is 84.8 cm³/mol. The average Bonchev–Trinajstić information content (AvgIpc) is 3.35. The Morgan fingerprint density at radius 2 is 1.91 bits per heavy atom. The molecule has 0 bridgehead atoms. The third-order valence-electron chi connectivity index (χ3n) is 4.32. The summed E-state index contributed by atoms with van der Waals surface area (Å²) in [4.78, 5) is 26.0. The van der Waals surface area contributed by atoms with Gasteiger partial charge in [0.05, 0.1) is 11.4 Å². The number of nitrogens with one attached hydrogen (secondary N) is 1. The fraction of sp³-hybridized carbons (Fsp3) is 0.529. The highest BCUT2D eigenvalue weighted by Gasteiger charge is 2.34. The van der Waals surface area contributed by atoms with Crippen molar-refractivity contribution in [3.8, 4) is 0 Å². The van der Waals surface area contributed by atoms with E-state index in [4.69, 9.17) is 4.74 Å². The van der Waals surface area contributed by atoms with Gasteiger partial charge in [0.1, 0.15) is 5.82 Å². The van der Waals surface area contributed by atoms with E-state index in [0.717, 1.165) is 12.8 Å². The van der Waals surface area contributed by atoms with Crippen molar-refractivity contribution in [1.29, 1.82) is 0 Å². The number of hydrogen-bond acceptors (Lipinski definition) is 3. The standard InChI is InChI=1S/C17H21FN2O3/c1-11(21)20(14-3-4-14)16-5-2-13(18)10-15(16)19-17(22)12-6-8-23-9-7-12/h2,5,10,12,14H,3-4,6-9H2,1H3,(H,19,22). The van der Waals surface area contributed by atoms with Gasteiger partial charge < -0.3 is 15.0 Å². The Hall–Kier alpha value is -1.95. The molecule has 2 fully saturated rings. The number of amides is 2. The molecule has 1 aliphatic carbocycles. The van der Waals surface area contributed by atoms with Crippen LogP contribution in [0.3, 0.4) is 0 Å². The Morgan fingerprint density at radius 1 is 1.22 bits per heavy atom. The minimum absolute atomic E-state index is 0.0966. The summed E-state index contributed by atoms with van der Waals surface area (Å²) in [6.07, 6.45) is 3.19. The summed E-state index contributed by atoms with van der Waals surface area (Å²) in [5, 5.41) is 2.81. The van der Waals surface area contributed by atoms with E-state index < -0.39 is 5.82 Å². The van der Waals surface area contributed by atoms with Crippen LogP contribution in [0.25, 0.3) is 0 Å². The summed E-state index contributed by atoms with van der Waals surface area (Å²) in [7, 11) is 0. The molecule has 1 saturated carbocycles. The molecule has 2 aliphatic rings. The van der Waals surface area contributed by atoms with Crippen molar-refractivity contribution in [3.05, 3.63) is 24.0 Å². The van der Waals surface area contributed by atoms with Gasteiger partial charge >= 0.3 is 0 Å². The summed E-state index contributed by atoms with van der Waals surface area (Å²) in [5.41, 5.74) is 0.936. The fourth-order valence-electron chi connectivity index (χ4n) is 2.97. The minimum Gasteiger partial charge on any atom is -0.381 e. The van der Waals surface area contributed by atoms with E-state index in [-0.39, 0.29) is 23.8 Å². The maximum atomic E-state index is 13.6. The lowest BCUT2D eigenvalue weighted by Crippen LogP contribution is -2.33. The summed E-state index contributed by atoms with van der Waals surface area (Å²) in [5.74, 6) is -0.804. The smallest absolute Gasteiger partial charge is 0.227 e. The summed E-state index contributed by atoms with van der Waals surface area (Å²) in [6, 6.07) is 4.31. The van der Waals surface area contributed by atoms with E-state index in [1.165, 1.54) is 19.1 Å². The van der Waals surface area contributed by atoms with Gasteiger partial charge in [0, 0.05) is 32.1 Å². The van der Waals surface area contributed by atoms with E-state index in [1.54, 1.807) is 11.0 Å². The van der Waals surface area contributed by atoms with Gasteiger partial charge in [0.15, 0.2) is 0 Å². The van der Waals surface area contributed by atoms with Gasteiger partial charge in [-0.05, 0) is 43.9 Å². The highest BCUT2D eigenvalue weighted by Crippen LogP contribution is 2.36. The molecule has 0 spiro atoms. The largest absolute Gasteiger partial charge is 0.381 e. The van der Waals surface area contributed by atoms with E-state index in [2.05, 4.69) is 5.32 Å². The zero-order valence-corrected chi connectivity index (χ0v) is 13.2. The van der Waals surface area contributed by atoms with Gasteiger partial charge in [-0.25, -0.2) is 4.39 Å². The first kappa shape index (κ1) is 15.9. The molecule has 2 amide bonds. The van der Waals surface area contributed by atoms with Crippen molar-refractivity contribution >= 4 is 23.2 Å². The summed E-state index contributed by atoms with van der Waals surface area (Å²) >= 11 is 0. The van der Waals surface area contributed by atoms with E-state index in [1.807, 2.05) is 0 Å². The molecule has 124 valence electrons. The van der Waals surface area contributed by atoms with Crippen LogP contribution in [-0.2, 0) is 14.3 Å². The monoisotopic (exact) mass is 320 g/mol. The molecule has 1 N–H and O–H groups in total. The number of nitrogens with zero attached hydrogens (tertiary/aromatic N) is 1. The topological polar surface area (TPSA) is 58.6 Å². The van der Waals surface area contributed by atoms with Crippen LogP contribution in [0.1, 0.15) is 32.6 Å². The predicted octanol–water partition coefficient (Wildman–Crippen LogP) is 2.71. The molecule has 0 atom stereocenters. The minimum atomic E-state index is -0.435. The van der Waals surface area contributed by atoms with Crippen molar-refractivity contribution < 1.29 is 18.7 Å². The Morgan fingerprint density at radius 3 is 2.52 bits per heavy atom. The second-order valence-electron chi connectivity index (χ2n) is 6.16. The summed E-state index contributed by atoms with van der Waals surface area (Å²) in [6.45, 7) is 2.62. The molecule has 0 unspecified atom stereocenters. The first-order valence-corrected chi connectivity index (χ1v) is 8.04. The molecular formula is C17H21FN2O3. The van der Waals surface area contributed by atoms with Gasteiger partial charge in [0.2, 0.25) is 11.8 Å². The van der Waals surface area contributed by atoms with Crippen LogP contribution in [0, 0.1) is 11.7 Å². The van der Waals surface area contributed by atoms with Crippen LogP contribution < -0.4 is 10.2 Å². The highest BCUT2D eigenvalue weighted by molar-refractivity contribution is 6.01. The number of rotatable bonds is 4. The number of carbonyl (C=O) groups is 2. The quantitative estimate of drug-likeness (QED) is 0.928. The van der Waals surface area contributed by atoms with E-state index >= 15 is 0 Å². The molecule has 3 rings (SSSR count). The third-order valence-corrected chi connectivity index (χ3v) is 4.32. The van der Waals surface area contributed by atoms with Crippen LogP contribution in [0.15, 0.2) is 18.2 Å². The SMILES string of the molecule is CC(=O)N(c1ccc(F)cc1NC(=O)C1CCOCC1)C1CC1. The number of hydrogen-bond donors (Lipinski definition) is 1. The molecular weight excluding hydrogens is 299 g/mol. The molecule has 1 aromatic carbocycles. The highest BCUT2D eigenvalue weighted by atomic mass is 19.1. The fourth-order valence-corrected chi connectivity index (χ4v) is 2.97. The zero-order chi connectivity index (χ0) is 16.4. The van der Waals surface area contributed by atoms with Crippen LogP contribution in [0.2, 0.25) is 0 Å². The van der Waals surface area contributed by atoms with Crippen molar-refractivity contribution in [1.82, 2.24) is 0 Å². The van der Waals surface area contributed by atoms with Crippen molar-refractivity contribution in [2.75, 3.05) is 23.4 Å². The second-order valence-corrected chi connectivity index (χ2v) is 6.16. The maximum absolute atomic E-state index is 13.6. The molecule has 0 aromatic heterocycles. The molecule has 1 aromatic rings. The van der Waals surface area contributed by atoms with Crippen LogP contribution in [-0.4, -0.2) is 31.1 Å². The first-order chi connectivity index (χ1) is 11.1. The van der Waals surface area contributed by atoms with Crippen LogP contribution in [0.5, 0.6) is 0 Å². The molecule has 1 heterocycles. The lowest BCUT2D eigenvalue weighted by Gasteiger charge is -2.26. The van der Waals surface area contributed by atoms with Gasteiger partial charge in [-0.2, -0.15) is 0 Å². The molecule has 1 aliphatic heterocycles. The summed E-state index contributed by atoms with van der Waals surface area (Å²) < 4.78 is 18.9. The van der Waals surface area contributed by atoms with E-state index in [9.17, 15) is 14.0 Å². The molecule has 5 nitrogen and oxygen atoms in total. The Kier molecular flexibility index (Phi) is 4.61. The molecule has 1 saturated heterocycles. The third kappa shape index (κ3) is 3.69. The average molecular weight is 320 g/mol. The zero-order valence-electron chi connectivity index (χ0n) is 13.2. The van der Waals surface area contributed by atoms with Gasteiger partial charge in [-0.15, -0.1) is 0 Å². The van der Waals surface area contributed by atoms with Gasteiger partial charge in [0.25, 0.3) is 0 Å². The number of benzene rings is 1. The Balaban J connectivity index is 1.83. The van der Waals surface area contributed by atoms with Crippen LogP contribution >= 0.6 is 0 Å². The van der Waals surface area contributed by atoms with Crippen molar-refractivity contribution in [2.24, 2.45) is 5.92 Å². The molecule has 0 radical (unpaired) electrons. The molecule has 6 heteroatoms. The number of carbonyl (C=O) groups excluding carboxylic acids is 2. The van der Waals surface area contributed by atoms with Crippen molar-refractivity contribution in [2.45, 2.75) is 38.6 Å². The lowest BCUT2D eigenvalue weighted by molar-refractivity contribution is -0.122. The lowest BCUT2D eigenvalue weighted by atomic mass is 9.99. The number of ether oxygens (including phenoxy) is 1. The maximum Gasteiger partial charge on any atom is 0.227 e. The Labute approximate surface area is 134 Å². The van der Waals surface area contributed by atoms with Crippen molar-refractivity contribution in [3.63, 3.8) is 0 Å². The Bertz CT molecular complexity index is 610. The molecule has 23 heavy (non-hydrogen) atoms. The first-order valence-electron chi connectivity index (χ1n) is 8.04. The number of halogens is 1. The van der Waals surface area contributed by atoms with E-state index in [0.29, 0.717) is 37.4 Å².